The van der Waals surface area contributed by atoms with Crippen molar-refractivity contribution in [3.05, 3.63) is 15.8 Å². The second kappa shape index (κ2) is 7.81. The van der Waals surface area contributed by atoms with Gasteiger partial charge < -0.3 is 15.7 Å². The van der Waals surface area contributed by atoms with E-state index in [1.165, 1.54) is 4.68 Å². The zero-order valence-electron chi connectivity index (χ0n) is 12.2. The molecule has 0 aliphatic rings. The van der Waals surface area contributed by atoms with Gasteiger partial charge in [0, 0.05) is 26.7 Å². The van der Waals surface area contributed by atoms with E-state index in [2.05, 4.69) is 15.7 Å². The Morgan fingerprint density at radius 2 is 2.20 bits per heavy atom. The summed E-state index contributed by atoms with van der Waals surface area (Å²) in [6, 6.07) is 0. The van der Waals surface area contributed by atoms with Crippen molar-refractivity contribution in [2.24, 2.45) is 7.05 Å². The molecule has 8 nitrogen and oxygen atoms in total. The molecule has 0 spiro atoms. The first-order valence-electron chi connectivity index (χ1n) is 6.80. The highest BCUT2D eigenvalue weighted by atomic mass is 16.6. The van der Waals surface area contributed by atoms with Crippen LogP contribution in [-0.4, -0.2) is 45.5 Å². The predicted molar refractivity (Wildman–Crippen MR) is 76.9 cm³/mol. The van der Waals surface area contributed by atoms with E-state index in [4.69, 9.17) is 5.11 Å². The minimum Gasteiger partial charge on any atom is -0.392 e. The largest absolute Gasteiger partial charge is 0.392 e. The molecule has 0 bridgehead atoms. The Morgan fingerprint density at radius 3 is 2.75 bits per heavy atom. The molecule has 0 radical (unpaired) electrons. The third-order valence-corrected chi connectivity index (χ3v) is 2.80. The molecule has 0 aliphatic heterocycles. The number of anilines is 1. The van der Waals surface area contributed by atoms with Crippen LogP contribution < -0.4 is 10.6 Å². The highest BCUT2D eigenvalue weighted by molar-refractivity contribution is 5.59. The molecule has 0 fully saturated rings. The fraction of sp³-hybridized carbons (Fsp3) is 0.750. The average molecular weight is 285 g/mol. The van der Waals surface area contributed by atoms with Crippen LogP contribution in [0.25, 0.3) is 0 Å². The standard InChI is InChI=1S/C12H23N5O3/c1-4-5-10-11(17(19)20)12(16(3)15-10)14-7-6-13-8-9(2)18/h9,13-14,18H,4-8H2,1-3H3. The van der Waals surface area contributed by atoms with Crippen LogP contribution in [-0.2, 0) is 13.5 Å². The summed E-state index contributed by atoms with van der Waals surface area (Å²) >= 11 is 0. The minimum absolute atomic E-state index is 0.0601. The first-order chi connectivity index (χ1) is 9.47. The maximum atomic E-state index is 11.2. The Morgan fingerprint density at radius 1 is 1.50 bits per heavy atom. The first-order valence-corrected chi connectivity index (χ1v) is 6.80. The number of hydrogen-bond donors (Lipinski definition) is 3. The maximum Gasteiger partial charge on any atom is 0.333 e. The lowest BCUT2D eigenvalue weighted by Gasteiger charge is -2.08. The smallest absolute Gasteiger partial charge is 0.333 e. The van der Waals surface area contributed by atoms with Crippen molar-refractivity contribution in [2.45, 2.75) is 32.8 Å². The van der Waals surface area contributed by atoms with Crippen LogP contribution in [0.3, 0.4) is 0 Å². The molecular formula is C12H23N5O3. The van der Waals surface area contributed by atoms with Gasteiger partial charge in [-0.05, 0) is 13.3 Å². The van der Waals surface area contributed by atoms with E-state index in [1.54, 1.807) is 14.0 Å². The van der Waals surface area contributed by atoms with E-state index in [-0.39, 0.29) is 10.6 Å². The van der Waals surface area contributed by atoms with E-state index in [9.17, 15) is 10.1 Å². The SMILES string of the molecule is CCCc1nn(C)c(NCCNCC(C)O)c1[N+](=O)[O-]. The van der Waals surface area contributed by atoms with Gasteiger partial charge in [0.1, 0.15) is 5.69 Å². The molecule has 1 aromatic rings. The summed E-state index contributed by atoms with van der Waals surface area (Å²) in [6.07, 6.45) is 0.997. The van der Waals surface area contributed by atoms with Crippen molar-refractivity contribution < 1.29 is 10.0 Å². The van der Waals surface area contributed by atoms with Crippen molar-refractivity contribution in [1.29, 1.82) is 0 Å². The Labute approximate surface area is 118 Å². The lowest BCUT2D eigenvalue weighted by molar-refractivity contribution is -0.384. The molecule has 1 atom stereocenters. The van der Waals surface area contributed by atoms with E-state index in [1.807, 2.05) is 6.92 Å². The molecule has 114 valence electrons. The summed E-state index contributed by atoms with van der Waals surface area (Å²) in [5, 5.41) is 30.6. The summed E-state index contributed by atoms with van der Waals surface area (Å²) in [5.74, 6) is 0.428. The van der Waals surface area contributed by atoms with Crippen LogP contribution in [0.2, 0.25) is 0 Å². The number of hydrogen-bond acceptors (Lipinski definition) is 6. The fourth-order valence-electron chi connectivity index (χ4n) is 1.94. The molecule has 0 aromatic carbocycles. The maximum absolute atomic E-state index is 11.2. The zero-order chi connectivity index (χ0) is 15.1. The van der Waals surface area contributed by atoms with Crippen LogP contribution in [0.4, 0.5) is 11.5 Å². The number of aliphatic hydroxyl groups excluding tert-OH is 1. The summed E-state index contributed by atoms with van der Waals surface area (Å²) in [4.78, 5) is 10.8. The molecule has 1 rings (SSSR count). The molecule has 1 unspecified atom stereocenters. The van der Waals surface area contributed by atoms with Gasteiger partial charge in [-0.1, -0.05) is 13.3 Å². The molecule has 3 N–H and O–H groups in total. The van der Waals surface area contributed by atoms with Gasteiger partial charge in [0.05, 0.1) is 11.0 Å². The Hall–Kier alpha value is -1.67. The lowest BCUT2D eigenvalue weighted by Crippen LogP contribution is -2.29. The van der Waals surface area contributed by atoms with Crippen LogP contribution in [0.5, 0.6) is 0 Å². The molecule has 1 aromatic heterocycles. The number of aromatic nitrogens is 2. The lowest BCUT2D eigenvalue weighted by atomic mass is 10.2. The van der Waals surface area contributed by atoms with Crippen LogP contribution in [0.1, 0.15) is 26.0 Å². The Bertz CT molecular complexity index is 445. The van der Waals surface area contributed by atoms with Crippen molar-refractivity contribution in [3.8, 4) is 0 Å². The van der Waals surface area contributed by atoms with Gasteiger partial charge >= 0.3 is 5.69 Å². The molecular weight excluding hydrogens is 262 g/mol. The van der Waals surface area contributed by atoms with Gasteiger partial charge in [0.2, 0.25) is 5.82 Å². The molecule has 0 amide bonds. The van der Waals surface area contributed by atoms with Gasteiger partial charge in [-0.15, -0.1) is 0 Å². The van der Waals surface area contributed by atoms with Crippen molar-refractivity contribution in [1.82, 2.24) is 15.1 Å². The van der Waals surface area contributed by atoms with E-state index in [0.717, 1.165) is 6.42 Å². The van der Waals surface area contributed by atoms with Gasteiger partial charge in [0.25, 0.3) is 0 Å². The quantitative estimate of drug-likeness (QED) is 0.350. The average Bonchev–Trinajstić information content (AvgIpc) is 2.65. The number of aryl methyl sites for hydroxylation is 2. The van der Waals surface area contributed by atoms with Gasteiger partial charge in [-0.2, -0.15) is 5.10 Å². The molecule has 8 heteroatoms. The number of nitrogens with one attached hydrogen (secondary N) is 2. The zero-order valence-corrected chi connectivity index (χ0v) is 12.2. The molecule has 0 aliphatic carbocycles. The normalized spacial score (nSPS) is 12.4. The summed E-state index contributed by atoms with van der Waals surface area (Å²) in [5.41, 5.74) is 0.573. The summed E-state index contributed by atoms with van der Waals surface area (Å²) < 4.78 is 1.51. The number of nitro groups is 1. The monoisotopic (exact) mass is 285 g/mol. The number of rotatable bonds is 9. The summed E-state index contributed by atoms with van der Waals surface area (Å²) in [7, 11) is 1.69. The predicted octanol–water partition coefficient (Wildman–Crippen LogP) is 0.663. The third kappa shape index (κ3) is 4.46. The number of aliphatic hydroxyl groups is 1. The second-order valence-corrected chi connectivity index (χ2v) is 4.75. The van der Waals surface area contributed by atoms with E-state index < -0.39 is 6.10 Å². The minimum atomic E-state index is -0.405. The second-order valence-electron chi connectivity index (χ2n) is 4.75. The van der Waals surface area contributed by atoms with E-state index >= 15 is 0 Å². The number of nitrogens with zero attached hydrogens (tertiary/aromatic N) is 3. The van der Waals surface area contributed by atoms with Crippen molar-refractivity contribution >= 4 is 11.5 Å². The van der Waals surface area contributed by atoms with Gasteiger partial charge in [-0.25, -0.2) is 4.68 Å². The van der Waals surface area contributed by atoms with Gasteiger partial charge in [0.15, 0.2) is 0 Å². The molecule has 1 heterocycles. The highest BCUT2D eigenvalue weighted by Gasteiger charge is 2.25. The van der Waals surface area contributed by atoms with Crippen LogP contribution in [0, 0.1) is 10.1 Å². The van der Waals surface area contributed by atoms with Gasteiger partial charge in [-0.3, -0.25) is 10.1 Å². The Kier molecular flexibility index (Phi) is 6.40. The molecule has 0 saturated carbocycles. The molecule has 20 heavy (non-hydrogen) atoms. The van der Waals surface area contributed by atoms with E-state index in [0.29, 0.717) is 37.6 Å². The third-order valence-electron chi connectivity index (χ3n) is 2.80. The fourth-order valence-corrected chi connectivity index (χ4v) is 1.94. The Balaban J connectivity index is 2.66. The molecule has 0 saturated heterocycles. The van der Waals surface area contributed by atoms with Crippen LogP contribution >= 0.6 is 0 Å². The summed E-state index contributed by atoms with van der Waals surface area (Å²) in [6.45, 7) is 5.29. The highest BCUT2D eigenvalue weighted by Crippen LogP contribution is 2.28. The first kappa shape index (κ1) is 16.4. The topological polar surface area (TPSA) is 105 Å². The van der Waals surface area contributed by atoms with Crippen LogP contribution in [0.15, 0.2) is 0 Å². The van der Waals surface area contributed by atoms with Crippen molar-refractivity contribution in [2.75, 3.05) is 25.0 Å². The van der Waals surface area contributed by atoms with Crippen molar-refractivity contribution in [3.63, 3.8) is 0 Å².